The number of hydrogen-bond acceptors (Lipinski definition) is 2. The van der Waals surface area contributed by atoms with Gasteiger partial charge in [-0.2, -0.15) is 5.10 Å². The number of aromatic nitrogens is 2. The Morgan fingerprint density at radius 3 is 3.06 bits per heavy atom. The van der Waals surface area contributed by atoms with Gasteiger partial charge in [-0.25, -0.2) is 9.07 Å². The van der Waals surface area contributed by atoms with E-state index in [2.05, 4.69) is 21.0 Å². The molecule has 1 aromatic heterocycles. The van der Waals surface area contributed by atoms with Crippen molar-refractivity contribution in [2.24, 2.45) is 0 Å². The van der Waals surface area contributed by atoms with Gasteiger partial charge in [-0.1, -0.05) is 15.9 Å². The van der Waals surface area contributed by atoms with Crippen LogP contribution in [-0.2, 0) is 4.74 Å². The maximum atomic E-state index is 13.7. The van der Waals surface area contributed by atoms with E-state index in [9.17, 15) is 4.39 Å². The monoisotopic (exact) mass is 298 g/mol. The quantitative estimate of drug-likeness (QED) is 0.804. The van der Waals surface area contributed by atoms with Crippen molar-refractivity contribution in [3.63, 3.8) is 0 Å². The van der Waals surface area contributed by atoms with Gasteiger partial charge >= 0.3 is 0 Å². The van der Waals surface area contributed by atoms with Gasteiger partial charge in [0.05, 0.1) is 17.1 Å². The molecule has 1 aromatic carbocycles. The Labute approximate surface area is 107 Å². The van der Waals surface area contributed by atoms with Gasteiger partial charge in [0.25, 0.3) is 0 Å². The number of benzene rings is 1. The molecule has 0 aliphatic carbocycles. The highest BCUT2D eigenvalue weighted by atomic mass is 79.9. The van der Waals surface area contributed by atoms with Gasteiger partial charge in [0.2, 0.25) is 0 Å². The summed E-state index contributed by atoms with van der Waals surface area (Å²) in [5.74, 6) is -0.253. The molecular weight excluding hydrogens is 287 g/mol. The highest BCUT2D eigenvalue weighted by molar-refractivity contribution is 9.10. The second-order valence-corrected chi connectivity index (χ2v) is 5.15. The minimum absolute atomic E-state index is 0.0602. The minimum atomic E-state index is -0.253. The molecule has 1 aliphatic heterocycles. The van der Waals surface area contributed by atoms with E-state index in [0.717, 1.165) is 35.9 Å². The average Bonchev–Trinajstić information content (AvgIpc) is 2.74. The van der Waals surface area contributed by atoms with E-state index in [4.69, 9.17) is 4.74 Å². The molecule has 0 amide bonds. The van der Waals surface area contributed by atoms with Gasteiger partial charge in [-0.15, -0.1) is 0 Å². The third-order valence-electron chi connectivity index (χ3n) is 3.06. The van der Waals surface area contributed by atoms with Gasteiger partial charge < -0.3 is 4.74 Å². The maximum absolute atomic E-state index is 13.7. The molecule has 1 unspecified atom stereocenters. The van der Waals surface area contributed by atoms with Crippen LogP contribution in [0, 0.1) is 5.82 Å². The summed E-state index contributed by atoms with van der Waals surface area (Å²) in [6.07, 6.45) is 4.66. The fourth-order valence-electron chi connectivity index (χ4n) is 2.22. The normalized spacial score (nSPS) is 20.9. The van der Waals surface area contributed by atoms with Gasteiger partial charge in [-0.05, 0) is 31.4 Å². The lowest BCUT2D eigenvalue weighted by molar-refractivity contribution is -0.0366. The molecule has 1 atom stereocenters. The molecular formula is C12H12BrFN2O. The van der Waals surface area contributed by atoms with Crippen molar-refractivity contribution in [3.05, 3.63) is 28.6 Å². The molecule has 90 valence electrons. The van der Waals surface area contributed by atoms with Crippen LogP contribution in [0.25, 0.3) is 10.9 Å². The first kappa shape index (κ1) is 11.2. The molecule has 1 fully saturated rings. The van der Waals surface area contributed by atoms with Crippen LogP contribution in [0.4, 0.5) is 4.39 Å². The number of fused-ring (bicyclic) bond motifs is 1. The standard InChI is InChI=1S/C12H12BrFN2O/c13-8-5-10(14)9-7-15-16(11(9)6-8)12-3-1-2-4-17-12/h5-7,12H,1-4H2. The predicted molar refractivity (Wildman–Crippen MR) is 66.2 cm³/mol. The summed E-state index contributed by atoms with van der Waals surface area (Å²) in [5.41, 5.74) is 0.781. The lowest BCUT2D eigenvalue weighted by Gasteiger charge is -2.23. The van der Waals surface area contributed by atoms with E-state index in [1.807, 2.05) is 6.07 Å². The van der Waals surface area contributed by atoms with E-state index < -0.39 is 0 Å². The van der Waals surface area contributed by atoms with Gasteiger partial charge in [0, 0.05) is 11.1 Å². The van der Waals surface area contributed by atoms with E-state index in [1.165, 1.54) is 6.07 Å². The van der Waals surface area contributed by atoms with Crippen LogP contribution in [0.5, 0.6) is 0 Å². The van der Waals surface area contributed by atoms with Crippen LogP contribution >= 0.6 is 15.9 Å². The first-order chi connectivity index (χ1) is 8.25. The maximum Gasteiger partial charge on any atom is 0.150 e. The van der Waals surface area contributed by atoms with E-state index >= 15 is 0 Å². The zero-order valence-corrected chi connectivity index (χ0v) is 10.8. The Morgan fingerprint density at radius 1 is 1.41 bits per heavy atom. The molecule has 0 bridgehead atoms. The molecule has 2 aromatic rings. The van der Waals surface area contributed by atoms with Gasteiger partial charge in [-0.3, -0.25) is 0 Å². The molecule has 0 radical (unpaired) electrons. The summed E-state index contributed by atoms with van der Waals surface area (Å²) < 4.78 is 21.9. The van der Waals surface area contributed by atoms with E-state index in [-0.39, 0.29) is 12.0 Å². The zero-order valence-electron chi connectivity index (χ0n) is 9.20. The van der Waals surface area contributed by atoms with Crippen molar-refractivity contribution in [1.29, 1.82) is 0 Å². The Kier molecular flexibility index (Phi) is 2.88. The van der Waals surface area contributed by atoms with Crippen molar-refractivity contribution in [1.82, 2.24) is 9.78 Å². The number of hydrogen-bond donors (Lipinski definition) is 0. The third-order valence-corrected chi connectivity index (χ3v) is 3.52. The van der Waals surface area contributed by atoms with Crippen LogP contribution in [0.15, 0.2) is 22.8 Å². The summed E-state index contributed by atoms with van der Waals surface area (Å²) >= 11 is 3.30. The zero-order chi connectivity index (χ0) is 11.8. The first-order valence-corrected chi connectivity index (χ1v) is 6.49. The Hall–Kier alpha value is -0.940. The lowest BCUT2D eigenvalue weighted by Crippen LogP contribution is -2.18. The van der Waals surface area contributed by atoms with Crippen LogP contribution in [0.3, 0.4) is 0 Å². The highest BCUT2D eigenvalue weighted by Crippen LogP contribution is 2.29. The van der Waals surface area contributed by atoms with Crippen molar-refractivity contribution >= 4 is 26.8 Å². The molecule has 1 saturated heterocycles. The molecule has 0 N–H and O–H groups in total. The summed E-state index contributed by atoms with van der Waals surface area (Å²) in [6.45, 7) is 0.752. The van der Waals surface area contributed by atoms with Crippen LogP contribution in [0.2, 0.25) is 0 Å². The second kappa shape index (κ2) is 4.38. The molecule has 0 saturated carbocycles. The molecule has 5 heteroatoms. The minimum Gasteiger partial charge on any atom is -0.356 e. The van der Waals surface area contributed by atoms with Gasteiger partial charge in [0.1, 0.15) is 5.82 Å². The number of nitrogens with zero attached hydrogens (tertiary/aromatic N) is 2. The summed E-state index contributed by atoms with van der Waals surface area (Å²) in [7, 11) is 0. The van der Waals surface area contributed by atoms with Crippen molar-refractivity contribution in [2.75, 3.05) is 6.61 Å². The fourth-order valence-corrected chi connectivity index (χ4v) is 2.63. The second-order valence-electron chi connectivity index (χ2n) is 4.23. The highest BCUT2D eigenvalue weighted by Gasteiger charge is 2.19. The smallest absolute Gasteiger partial charge is 0.150 e. The Morgan fingerprint density at radius 2 is 2.29 bits per heavy atom. The molecule has 0 spiro atoms. The fraction of sp³-hybridized carbons (Fsp3) is 0.417. The molecule has 3 nitrogen and oxygen atoms in total. The average molecular weight is 299 g/mol. The van der Waals surface area contributed by atoms with Crippen molar-refractivity contribution < 1.29 is 9.13 Å². The van der Waals surface area contributed by atoms with Gasteiger partial charge in [0.15, 0.2) is 6.23 Å². The van der Waals surface area contributed by atoms with E-state index in [1.54, 1.807) is 10.9 Å². The third kappa shape index (κ3) is 1.98. The number of rotatable bonds is 1. The first-order valence-electron chi connectivity index (χ1n) is 5.69. The number of halogens is 2. The summed E-state index contributed by atoms with van der Waals surface area (Å²) in [4.78, 5) is 0. The predicted octanol–water partition coefficient (Wildman–Crippen LogP) is 3.64. The Bertz CT molecular complexity index is 549. The molecule has 1 aliphatic rings. The summed E-state index contributed by atoms with van der Waals surface area (Å²) in [6, 6.07) is 3.33. The lowest BCUT2D eigenvalue weighted by atomic mass is 10.2. The van der Waals surface area contributed by atoms with E-state index in [0.29, 0.717) is 5.39 Å². The van der Waals surface area contributed by atoms with Crippen LogP contribution in [-0.4, -0.2) is 16.4 Å². The molecule has 3 rings (SSSR count). The molecule has 2 heterocycles. The topological polar surface area (TPSA) is 27.1 Å². The number of ether oxygens (including phenoxy) is 1. The summed E-state index contributed by atoms with van der Waals surface area (Å²) in [5, 5.41) is 4.80. The largest absolute Gasteiger partial charge is 0.356 e. The van der Waals surface area contributed by atoms with Crippen LogP contribution in [0.1, 0.15) is 25.5 Å². The Balaban J connectivity index is 2.10. The van der Waals surface area contributed by atoms with Crippen molar-refractivity contribution in [3.8, 4) is 0 Å². The molecule has 17 heavy (non-hydrogen) atoms. The SMILES string of the molecule is Fc1cc(Br)cc2c1cnn2C1CCCCO1. The van der Waals surface area contributed by atoms with Crippen LogP contribution < -0.4 is 0 Å². The van der Waals surface area contributed by atoms with Crippen molar-refractivity contribution in [2.45, 2.75) is 25.5 Å².